The van der Waals surface area contributed by atoms with Crippen LogP contribution in [0.4, 0.5) is 0 Å². The van der Waals surface area contributed by atoms with Crippen LogP contribution in [0.1, 0.15) is 6.92 Å². The second-order valence-corrected chi connectivity index (χ2v) is 5.06. The SMILES string of the molecule is CC(O)P(C)c1ccccc1. The minimum Gasteiger partial charge on any atom is -0.389 e. The van der Waals surface area contributed by atoms with Crippen molar-refractivity contribution in [2.45, 2.75) is 12.8 Å². The molecule has 0 spiro atoms. The highest BCUT2D eigenvalue weighted by Crippen LogP contribution is 2.33. The van der Waals surface area contributed by atoms with Gasteiger partial charge < -0.3 is 5.11 Å². The minimum absolute atomic E-state index is 0.201. The quantitative estimate of drug-likeness (QED) is 0.667. The Hall–Kier alpha value is -0.390. The third kappa shape index (κ3) is 2.28. The second kappa shape index (κ2) is 3.85. The summed E-state index contributed by atoms with van der Waals surface area (Å²) in [7, 11) is -0.379. The molecule has 0 aliphatic rings. The fourth-order valence-electron chi connectivity index (χ4n) is 0.879. The Morgan fingerprint density at radius 3 is 2.27 bits per heavy atom. The molecular formula is C9H13OP. The van der Waals surface area contributed by atoms with Crippen molar-refractivity contribution in [1.82, 2.24) is 0 Å². The van der Waals surface area contributed by atoms with Gasteiger partial charge in [0.25, 0.3) is 0 Å². The van der Waals surface area contributed by atoms with Crippen LogP contribution in [-0.2, 0) is 0 Å². The molecular weight excluding hydrogens is 155 g/mol. The van der Waals surface area contributed by atoms with Crippen LogP contribution in [0.2, 0.25) is 0 Å². The molecule has 1 N–H and O–H groups in total. The van der Waals surface area contributed by atoms with Gasteiger partial charge in [-0.05, 0) is 26.8 Å². The standard InChI is InChI=1S/C9H13OP/c1-8(10)11(2)9-6-4-3-5-7-9/h3-8,10H,1-2H3. The topological polar surface area (TPSA) is 20.2 Å². The van der Waals surface area contributed by atoms with Crippen molar-refractivity contribution < 1.29 is 5.11 Å². The number of benzene rings is 1. The first kappa shape index (κ1) is 8.70. The summed E-state index contributed by atoms with van der Waals surface area (Å²) in [5.41, 5.74) is 0. The number of aliphatic hydroxyl groups excluding tert-OH is 1. The zero-order chi connectivity index (χ0) is 8.27. The molecule has 1 aromatic carbocycles. The molecule has 1 rings (SSSR count). The Kier molecular flexibility index (Phi) is 3.04. The minimum atomic E-state index is -0.379. The summed E-state index contributed by atoms with van der Waals surface area (Å²) >= 11 is 0. The van der Waals surface area contributed by atoms with Gasteiger partial charge in [0.15, 0.2) is 0 Å². The predicted molar refractivity (Wildman–Crippen MR) is 50.6 cm³/mol. The fraction of sp³-hybridized carbons (Fsp3) is 0.333. The molecule has 2 heteroatoms. The van der Waals surface area contributed by atoms with E-state index in [9.17, 15) is 5.11 Å². The average molecular weight is 168 g/mol. The fourth-order valence-corrected chi connectivity index (χ4v) is 1.95. The molecule has 0 aromatic heterocycles. The van der Waals surface area contributed by atoms with E-state index in [0.717, 1.165) is 0 Å². The van der Waals surface area contributed by atoms with E-state index in [2.05, 4.69) is 18.8 Å². The first-order valence-electron chi connectivity index (χ1n) is 3.68. The number of rotatable bonds is 2. The zero-order valence-corrected chi connectivity index (χ0v) is 7.75. The van der Waals surface area contributed by atoms with E-state index < -0.39 is 0 Å². The maximum Gasteiger partial charge on any atom is 0.0741 e. The van der Waals surface area contributed by atoms with E-state index in [1.165, 1.54) is 5.30 Å². The summed E-state index contributed by atoms with van der Waals surface area (Å²) in [6, 6.07) is 10.2. The number of aliphatic hydroxyl groups is 1. The molecule has 0 fully saturated rings. The van der Waals surface area contributed by atoms with Gasteiger partial charge in [0.05, 0.1) is 5.85 Å². The average Bonchev–Trinajstić information content (AvgIpc) is 2.05. The number of hydrogen-bond donors (Lipinski definition) is 1. The van der Waals surface area contributed by atoms with Crippen LogP contribution >= 0.6 is 7.92 Å². The summed E-state index contributed by atoms with van der Waals surface area (Å²) in [6.07, 6.45) is 0. The lowest BCUT2D eigenvalue weighted by Crippen LogP contribution is -2.08. The third-order valence-electron chi connectivity index (χ3n) is 1.72. The van der Waals surface area contributed by atoms with Crippen molar-refractivity contribution in [1.29, 1.82) is 0 Å². The molecule has 0 aliphatic carbocycles. The van der Waals surface area contributed by atoms with Crippen LogP contribution in [0.5, 0.6) is 0 Å². The molecule has 2 unspecified atom stereocenters. The summed E-state index contributed by atoms with van der Waals surface area (Å²) in [5.74, 6) is -0.201. The van der Waals surface area contributed by atoms with Crippen LogP contribution in [-0.4, -0.2) is 17.6 Å². The summed E-state index contributed by atoms with van der Waals surface area (Å²) in [6.45, 7) is 3.94. The lowest BCUT2D eigenvalue weighted by molar-refractivity contribution is 0.279. The largest absolute Gasteiger partial charge is 0.389 e. The van der Waals surface area contributed by atoms with Gasteiger partial charge in [0.1, 0.15) is 0 Å². The molecule has 0 bridgehead atoms. The zero-order valence-electron chi connectivity index (χ0n) is 6.86. The smallest absolute Gasteiger partial charge is 0.0741 e. The van der Waals surface area contributed by atoms with Gasteiger partial charge >= 0.3 is 0 Å². The highest BCUT2D eigenvalue weighted by Gasteiger charge is 2.08. The highest BCUT2D eigenvalue weighted by atomic mass is 31.1. The van der Waals surface area contributed by atoms with Gasteiger partial charge in [-0.2, -0.15) is 0 Å². The molecule has 2 atom stereocenters. The molecule has 0 saturated carbocycles. The van der Waals surface area contributed by atoms with Crippen LogP contribution < -0.4 is 5.30 Å². The molecule has 11 heavy (non-hydrogen) atoms. The highest BCUT2D eigenvalue weighted by molar-refractivity contribution is 7.65. The molecule has 0 amide bonds. The monoisotopic (exact) mass is 168 g/mol. The molecule has 1 nitrogen and oxygen atoms in total. The van der Waals surface area contributed by atoms with Crippen molar-refractivity contribution in [3.8, 4) is 0 Å². The van der Waals surface area contributed by atoms with Crippen molar-refractivity contribution in [3.63, 3.8) is 0 Å². The molecule has 0 heterocycles. The van der Waals surface area contributed by atoms with E-state index in [1.54, 1.807) is 0 Å². The predicted octanol–water partition coefficient (Wildman–Crippen LogP) is 1.76. The van der Waals surface area contributed by atoms with Crippen molar-refractivity contribution >= 4 is 13.2 Å². The first-order valence-corrected chi connectivity index (χ1v) is 5.53. The Morgan fingerprint density at radius 1 is 1.27 bits per heavy atom. The van der Waals surface area contributed by atoms with Gasteiger partial charge in [-0.25, -0.2) is 0 Å². The van der Waals surface area contributed by atoms with Crippen molar-refractivity contribution in [2.24, 2.45) is 0 Å². The van der Waals surface area contributed by atoms with E-state index in [1.807, 2.05) is 25.1 Å². The Bertz CT molecular complexity index is 208. The van der Waals surface area contributed by atoms with Gasteiger partial charge in [-0.15, -0.1) is 0 Å². The van der Waals surface area contributed by atoms with Crippen LogP contribution in [0.15, 0.2) is 30.3 Å². The maximum absolute atomic E-state index is 9.30. The van der Waals surface area contributed by atoms with Crippen molar-refractivity contribution in [3.05, 3.63) is 30.3 Å². The Morgan fingerprint density at radius 2 is 1.82 bits per heavy atom. The van der Waals surface area contributed by atoms with E-state index in [0.29, 0.717) is 0 Å². The first-order chi connectivity index (χ1) is 5.22. The molecule has 0 aliphatic heterocycles. The van der Waals surface area contributed by atoms with E-state index >= 15 is 0 Å². The Labute approximate surface area is 68.8 Å². The summed E-state index contributed by atoms with van der Waals surface area (Å²) in [5, 5.41) is 10.6. The molecule has 0 saturated heterocycles. The second-order valence-electron chi connectivity index (χ2n) is 2.58. The van der Waals surface area contributed by atoms with Gasteiger partial charge in [-0.3, -0.25) is 0 Å². The van der Waals surface area contributed by atoms with Gasteiger partial charge in [0, 0.05) is 0 Å². The normalized spacial score (nSPS) is 15.9. The van der Waals surface area contributed by atoms with Crippen LogP contribution in [0, 0.1) is 0 Å². The summed E-state index contributed by atoms with van der Waals surface area (Å²) in [4.78, 5) is 0. The van der Waals surface area contributed by atoms with E-state index in [-0.39, 0.29) is 13.8 Å². The lowest BCUT2D eigenvalue weighted by Gasteiger charge is -2.14. The van der Waals surface area contributed by atoms with E-state index in [4.69, 9.17) is 0 Å². The van der Waals surface area contributed by atoms with Crippen molar-refractivity contribution in [2.75, 3.05) is 6.66 Å². The maximum atomic E-state index is 9.30. The third-order valence-corrected chi connectivity index (χ3v) is 3.96. The Balaban J connectivity index is 2.77. The van der Waals surface area contributed by atoms with Gasteiger partial charge in [-0.1, -0.05) is 30.3 Å². The van der Waals surface area contributed by atoms with Crippen LogP contribution in [0.25, 0.3) is 0 Å². The van der Waals surface area contributed by atoms with Gasteiger partial charge in [0.2, 0.25) is 0 Å². The summed E-state index contributed by atoms with van der Waals surface area (Å²) < 4.78 is 0. The molecule has 60 valence electrons. The van der Waals surface area contributed by atoms with Crippen LogP contribution in [0.3, 0.4) is 0 Å². The molecule has 1 aromatic rings. The lowest BCUT2D eigenvalue weighted by atomic mass is 10.4. The number of hydrogen-bond acceptors (Lipinski definition) is 1. The molecule has 0 radical (unpaired) electrons.